The molecule has 3 N–H and O–H groups in total. The number of ether oxygens (including phenoxy) is 2. The Morgan fingerprint density at radius 3 is 3.00 bits per heavy atom. The Morgan fingerprint density at radius 1 is 1.39 bits per heavy atom. The van der Waals surface area contributed by atoms with Gasteiger partial charge >= 0.3 is 6.09 Å². The van der Waals surface area contributed by atoms with Gasteiger partial charge in [0.2, 0.25) is 0 Å². The van der Waals surface area contributed by atoms with Gasteiger partial charge in [0.15, 0.2) is 23.9 Å². The highest BCUT2D eigenvalue weighted by atomic mass is 19.1. The van der Waals surface area contributed by atoms with Gasteiger partial charge in [-0.2, -0.15) is 10.2 Å². The summed E-state index contributed by atoms with van der Waals surface area (Å²) in [5.74, 6) is 1.78. The summed E-state index contributed by atoms with van der Waals surface area (Å²) >= 11 is 0. The van der Waals surface area contributed by atoms with Crippen LogP contribution in [0.25, 0.3) is 5.52 Å². The molecule has 0 unspecified atom stereocenters. The third kappa shape index (κ3) is 3.11. The van der Waals surface area contributed by atoms with Crippen molar-refractivity contribution in [3.05, 3.63) is 35.9 Å². The Hall–Kier alpha value is -3.21. The second-order valence-corrected chi connectivity index (χ2v) is 8.75. The third-order valence-corrected chi connectivity index (χ3v) is 6.41. The quantitative estimate of drug-likeness (QED) is 0.573. The van der Waals surface area contributed by atoms with Gasteiger partial charge in [0.05, 0.1) is 18.0 Å². The Kier molecular flexibility index (Phi) is 3.98. The number of nitrogens with zero attached hydrogens (tertiary/aromatic N) is 4. The van der Waals surface area contributed by atoms with Gasteiger partial charge in [-0.25, -0.2) is 18.7 Å². The average Bonchev–Trinajstić information content (AvgIpc) is 3.37. The van der Waals surface area contributed by atoms with Crippen molar-refractivity contribution in [1.82, 2.24) is 30.1 Å². The van der Waals surface area contributed by atoms with Crippen molar-refractivity contribution in [3.63, 3.8) is 0 Å². The summed E-state index contributed by atoms with van der Waals surface area (Å²) in [6.45, 7) is 1.89. The summed E-state index contributed by atoms with van der Waals surface area (Å²) in [6.07, 6.45) is 2.46. The molecule has 7 rings (SSSR count). The van der Waals surface area contributed by atoms with Crippen molar-refractivity contribution in [1.29, 1.82) is 0 Å². The minimum absolute atomic E-state index is 0.00732. The van der Waals surface area contributed by atoms with E-state index in [1.165, 1.54) is 0 Å². The lowest BCUT2D eigenvalue weighted by atomic mass is 9.50. The molecule has 4 heterocycles. The van der Waals surface area contributed by atoms with Gasteiger partial charge in [-0.1, -0.05) is 0 Å². The van der Waals surface area contributed by atoms with Gasteiger partial charge in [-0.3, -0.25) is 5.10 Å². The first-order chi connectivity index (χ1) is 15.0. The van der Waals surface area contributed by atoms with Crippen LogP contribution >= 0.6 is 0 Å². The molecule has 0 spiro atoms. The smallest absolute Gasteiger partial charge is 0.408 e. The van der Waals surface area contributed by atoms with Gasteiger partial charge in [0.25, 0.3) is 0 Å². The molecule has 4 fully saturated rings. The number of alkyl carbamates (subject to hydrolysis) is 1. The molecule has 2 bridgehead atoms. The molecular weight excluding hydrogens is 405 g/mol. The zero-order valence-electron chi connectivity index (χ0n) is 16.8. The normalized spacial score (nSPS) is 31.2. The lowest BCUT2D eigenvalue weighted by Crippen LogP contribution is -2.68. The predicted molar refractivity (Wildman–Crippen MR) is 107 cm³/mol. The standard InChI is InChI=1S/C20H22FN7O3/c1-10-4-13-18(22-2-3-28(13)27-10)23-15-5-12(25-26-15)17-16(21)14(9-30-17)31-19(29)24-20-6-11(7-20)8-20/h2-5,11,14,16-17H,6-9H2,1H3,(H,24,29)(H2,22,23,25,26)/t11?,14-,16-,17-,20?/m0/s1. The van der Waals surface area contributed by atoms with Gasteiger partial charge < -0.3 is 20.1 Å². The minimum atomic E-state index is -1.49. The first kappa shape index (κ1) is 18.6. The van der Waals surface area contributed by atoms with Gasteiger partial charge in [0, 0.05) is 24.0 Å². The van der Waals surface area contributed by atoms with Crippen LogP contribution in [0, 0.1) is 12.8 Å². The fourth-order valence-electron chi connectivity index (χ4n) is 4.76. The van der Waals surface area contributed by atoms with Crippen LogP contribution in [-0.2, 0) is 9.47 Å². The summed E-state index contributed by atoms with van der Waals surface area (Å²) in [6, 6.07) is 3.57. The maximum absolute atomic E-state index is 15.0. The second kappa shape index (κ2) is 6.64. The summed E-state index contributed by atoms with van der Waals surface area (Å²) in [7, 11) is 0. The molecule has 3 saturated carbocycles. The van der Waals surface area contributed by atoms with Crippen LogP contribution in [0.3, 0.4) is 0 Å². The van der Waals surface area contributed by atoms with E-state index < -0.39 is 24.5 Å². The maximum atomic E-state index is 15.0. The van der Waals surface area contributed by atoms with E-state index in [4.69, 9.17) is 9.47 Å². The summed E-state index contributed by atoms with van der Waals surface area (Å²) < 4.78 is 27.6. The summed E-state index contributed by atoms with van der Waals surface area (Å²) in [4.78, 5) is 16.5. The molecule has 1 aliphatic heterocycles. The van der Waals surface area contributed by atoms with E-state index in [9.17, 15) is 9.18 Å². The number of hydrogen-bond donors (Lipinski definition) is 3. The lowest BCUT2D eigenvalue weighted by molar-refractivity contribution is -0.0528. The van der Waals surface area contributed by atoms with Crippen molar-refractivity contribution in [2.45, 2.75) is 50.1 Å². The lowest BCUT2D eigenvalue weighted by Gasteiger charge is -2.61. The van der Waals surface area contributed by atoms with E-state index in [1.807, 2.05) is 13.0 Å². The number of aromatic nitrogens is 5. The van der Waals surface area contributed by atoms with E-state index in [0.717, 1.165) is 36.4 Å². The number of alkyl halides is 1. The molecule has 1 saturated heterocycles. The SMILES string of the molecule is Cc1cc2c(Nc3cc([C@@H]4OC[C@H](OC(=O)NC56CC(C5)C6)[C@@H]4F)[nH]n3)nccn2n1. The minimum Gasteiger partial charge on any atom is -0.441 e. The molecular formula is C20H22FN7O3. The van der Waals surface area contributed by atoms with E-state index in [2.05, 4.69) is 30.9 Å². The number of rotatable bonds is 5. The van der Waals surface area contributed by atoms with E-state index in [-0.39, 0.29) is 12.1 Å². The highest BCUT2D eigenvalue weighted by Gasteiger charge is 2.58. The number of hydrogen-bond acceptors (Lipinski definition) is 7. The molecule has 1 amide bonds. The number of H-pyrrole nitrogens is 1. The number of aromatic amines is 1. The van der Waals surface area contributed by atoms with Crippen molar-refractivity contribution < 1.29 is 18.7 Å². The maximum Gasteiger partial charge on any atom is 0.408 e. The van der Waals surface area contributed by atoms with Gasteiger partial charge in [0.1, 0.15) is 11.6 Å². The van der Waals surface area contributed by atoms with Crippen LogP contribution in [0.4, 0.5) is 20.8 Å². The topological polar surface area (TPSA) is 118 Å². The second-order valence-electron chi connectivity index (χ2n) is 8.75. The predicted octanol–water partition coefficient (Wildman–Crippen LogP) is 2.56. The van der Waals surface area contributed by atoms with E-state index in [1.54, 1.807) is 23.0 Å². The molecule has 3 atom stereocenters. The number of fused-ring (bicyclic) bond motifs is 1. The molecule has 3 aliphatic carbocycles. The number of amides is 1. The fourth-order valence-corrected chi connectivity index (χ4v) is 4.76. The van der Waals surface area contributed by atoms with E-state index in [0.29, 0.717) is 17.3 Å². The molecule has 162 valence electrons. The molecule has 0 radical (unpaired) electrons. The first-order valence-corrected chi connectivity index (χ1v) is 10.4. The zero-order valence-corrected chi connectivity index (χ0v) is 16.8. The van der Waals surface area contributed by atoms with Gasteiger partial charge in [-0.15, -0.1) is 0 Å². The van der Waals surface area contributed by atoms with Crippen LogP contribution in [0.5, 0.6) is 0 Å². The van der Waals surface area contributed by atoms with Crippen LogP contribution in [0.1, 0.15) is 36.8 Å². The van der Waals surface area contributed by atoms with Crippen LogP contribution in [0.15, 0.2) is 24.5 Å². The Bertz CT molecular complexity index is 1140. The van der Waals surface area contributed by atoms with Crippen molar-refractivity contribution >= 4 is 23.2 Å². The summed E-state index contributed by atoms with van der Waals surface area (Å²) in [5.41, 5.74) is 2.01. The monoisotopic (exact) mass is 427 g/mol. The molecule has 10 nitrogen and oxygen atoms in total. The molecule has 31 heavy (non-hydrogen) atoms. The Labute approximate surface area is 176 Å². The summed E-state index contributed by atoms with van der Waals surface area (Å²) in [5, 5.41) is 17.3. The van der Waals surface area contributed by atoms with Crippen LogP contribution < -0.4 is 10.6 Å². The number of nitrogens with one attached hydrogen (secondary N) is 3. The Balaban J connectivity index is 1.11. The third-order valence-electron chi connectivity index (χ3n) is 6.41. The van der Waals surface area contributed by atoms with Crippen LogP contribution in [0.2, 0.25) is 0 Å². The molecule has 3 aromatic rings. The van der Waals surface area contributed by atoms with Crippen molar-refractivity contribution in [2.24, 2.45) is 5.92 Å². The number of carbonyl (C=O) groups excluding carboxylic acids is 1. The van der Waals surface area contributed by atoms with Crippen molar-refractivity contribution in [2.75, 3.05) is 11.9 Å². The highest BCUT2D eigenvalue weighted by molar-refractivity contribution is 5.72. The fraction of sp³-hybridized carbons (Fsp3) is 0.500. The molecule has 3 aromatic heterocycles. The Morgan fingerprint density at radius 2 is 2.23 bits per heavy atom. The number of carbonyl (C=O) groups is 1. The van der Waals surface area contributed by atoms with Crippen molar-refractivity contribution in [3.8, 4) is 0 Å². The molecule has 11 heteroatoms. The zero-order chi connectivity index (χ0) is 21.2. The highest BCUT2D eigenvalue weighted by Crippen LogP contribution is 2.57. The number of anilines is 2. The number of halogens is 1. The largest absolute Gasteiger partial charge is 0.441 e. The molecule has 4 aliphatic rings. The van der Waals surface area contributed by atoms with Crippen LogP contribution in [-0.4, -0.2) is 55.3 Å². The van der Waals surface area contributed by atoms with E-state index >= 15 is 0 Å². The first-order valence-electron chi connectivity index (χ1n) is 10.4. The molecule has 0 aromatic carbocycles. The van der Waals surface area contributed by atoms with Gasteiger partial charge in [-0.05, 0) is 38.2 Å². The number of aryl methyl sites for hydroxylation is 1. The average molecular weight is 427 g/mol.